The van der Waals surface area contributed by atoms with E-state index in [9.17, 15) is 8.78 Å². The lowest BCUT2D eigenvalue weighted by molar-refractivity contribution is 0.498. The second-order valence-electron chi connectivity index (χ2n) is 6.51. The minimum Gasteiger partial charge on any atom is -0.203 e. The Morgan fingerprint density at radius 2 is 1.29 bits per heavy atom. The van der Waals surface area contributed by atoms with E-state index < -0.39 is 11.6 Å². The van der Waals surface area contributed by atoms with E-state index in [-0.39, 0.29) is 0 Å². The molecular weight excluding hydrogens is 302 g/mol. The average Bonchev–Trinajstić information content (AvgIpc) is 2.60. The third kappa shape index (κ3) is 4.90. The summed E-state index contributed by atoms with van der Waals surface area (Å²) in [7, 11) is 0. The van der Waals surface area contributed by atoms with Gasteiger partial charge in [0.1, 0.15) is 0 Å². The average molecular weight is 330 g/mol. The highest BCUT2D eigenvalue weighted by Crippen LogP contribution is 2.27. The van der Waals surface area contributed by atoms with Crippen molar-refractivity contribution in [3.05, 3.63) is 59.2 Å². The highest BCUT2D eigenvalue weighted by Gasteiger charge is 2.14. The fraction of sp³-hybridized carbons (Fsp3) is 0.455. The monoisotopic (exact) mass is 330 g/mol. The second kappa shape index (κ2) is 9.56. The van der Waals surface area contributed by atoms with Gasteiger partial charge in [0.25, 0.3) is 0 Å². The summed E-state index contributed by atoms with van der Waals surface area (Å²) in [5.74, 6) is -1.40. The maximum atomic E-state index is 14.4. The molecule has 0 aliphatic heterocycles. The lowest BCUT2D eigenvalue weighted by atomic mass is 9.98. The topological polar surface area (TPSA) is 0 Å². The van der Waals surface area contributed by atoms with Gasteiger partial charge in [-0.3, -0.25) is 0 Å². The van der Waals surface area contributed by atoms with E-state index in [1.165, 1.54) is 24.8 Å². The first-order valence-electron chi connectivity index (χ1n) is 9.23. The molecule has 0 nitrogen and oxygen atoms in total. The Hall–Kier alpha value is -1.70. The molecular formula is C22H28F2. The van der Waals surface area contributed by atoms with Crippen molar-refractivity contribution >= 4 is 0 Å². The van der Waals surface area contributed by atoms with E-state index in [0.29, 0.717) is 17.5 Å². The largest absolute Gasteiger partial charge is 0.203 e. The molecule has 2 heteroatoms. The maximum absolute atomic E-state index is 14.4. The second-order valence-corrected chi connectivity index (χ2v) is 6.51. The van der Waals surface area contributed by atoms with Gasteiger partial charge in [0.15, 0.2) is 11.6 Å². The lowest BCUT2D eigenvalue weighted by Gasteiger charge is -2.10. The van der Waals surface area contributed by atoms with Crippen LogP contribution in [0.2, 0.25) is 0 Å². The number of benzene rings is 2. The van der Waals surface area contributed by atoms with Gasteiger partial charge >= 0.3 is 0 Å². The number of hydrogen-bond acceptors (Lipinski definition) is 0. The van der Waals surface area contributed by atoms with Crippen LogP contribution in [0.1, 0.15) is 63.5 Å². The number of rotatable bonds is 9. The van der Waals surface area contributed by atoms with Crippen molar-refractivity contribution in [2.75, 3.05) is 0 Å². The molecule has 0 heterocycles. The molecule has 0 aliphatic rings. The molecule has 0 aromatic heterocycles. The Bertz CT molecular complexity index is 629. The summed E-state index contributed by atoms with van der Waals surface area (Å²) < 4.78 is 28.7. The fourth-order valence-electron chi connectivity index (χ4n) is 3.00. The number of unbranched alkanes of at least 4 members (excludes halogenated alkanes) is 4. The highest BCUT2D eigenvalue weighted by atomic mass is 19.2. The minimum absolute atomic E-state index is 0.354. The van der Waals surface area contributed by atoms with Crippen LogP contribution in [-0.4, -0.2) is 0 Å². The molecule has 130 valence electrons. The fourth-order valence-corrected chi connectivity index (χ4v) is 3.00. The van der Waals surface area contributed by atoms with E-state index in [1.54, 1.807) is 12.1 Å². The third-order valence-electron chi connectivity index (χ3n) is 4.55. The predicted octanol–water partition coefficient (Wildman–Crippen LogP) is 7.10. The maximum Gasteiger partial charge on any atom is 0.166 e. The Morgan fingerprint density at radius 1 is 0.667 bits per heavy atom. The molecule has 2 rings (SSSR count). The van der Waals surface area contributed by atoms with Crippen molar-refractivity contribution in [3.8, 4) is 11.1 Å². The Morgan fingerprint density at radius 3 is 1.92 bits per heavy atom. The number of hydrogen-bond donors (Lipinski definition) is 0. The Labute approximate surface area is 144 Å². The standard InChI is InChI=1S/C22H28F2/c1-3-5-7-9-17-11-13-18(14-12-17)20-16-15-19(10-8-6-4-2)21(23)22(20)24/h11-16H,3-10H2,1-2H3. The van der Waals surface area contributed by atoms with Crippen LogP contribution in [-0.2, 0) is 12.8 Å². The molecule has 0 amide bonds. The molecule has 0 saturated carbocycles. The zero-order valence-electron chi connectivity index (χ0n) is 14.9. The van der Waals surface area contributed by atoms with Crippen LogP contribution < -0.4 is 0 Å². The Balaban J connectivity index is 2.12. The number of aryl methyl sites for hydroxylation is 2. The summed E-state index contributed by atoms with van der Waals surface area (Å²) in [6, 6.07) is 11.3. The first-order valence-corrected chi connectivity index (χ1v) is 9.23. The highest BCUT2D eigenvalue weighted by molar-refractivity contribution is 5.65. The van der Waals surface area contributed by atoms with Crippen molar-refractivity contribution in [2.45, 2.75) is 65.2 Å². The molecule has 0 atom stereocenters. The predicted molar refractivity (Wildman–Crippen MR) is 98.3 cm³/mol. The third-order valence-corrected chi connectivity index (χ3v) is 4.55. The van der Waals surface area contributed by atoms with Gasteiger partial charge in [0.05, 0.1) is 0 Å². The molecule has 0 unspecified atom stereocenters. The van der Waals surface area contributed by atoms with Crippen LogP contribution in [0.15, 0.2) is 36.4 Å². The molecule has 0 spiro atoms. The summed E-state index contributed by atoms with van der Waals surface area (Å²) in [4.78, 5) is 0. The van der Waals surface area contributed by atoms with Crippen molar-refractivity contribution in [1.29, 1.82) is 0 Å². The molecule has 0 aliphatic carbocycles. The number of halogens is 2. The minimum atomic E-state index is -0.720. The smallest absolute Gasteiger partial charge is 0.166 e. The lowest BCUT2D eigenvalue weighted by Crippen LogP contribution is -1.98. The van der Waals surface area contributed by atoms with Crippen LogP contribution in [0, 0.1) is 11.6 Å². The van der Waals surface area contributed by atoms with E-state index in [0.717, 1.165) is 31.2 Å². The summed E-state index contributed by atoms with van der Waals surface area (Å²) in [6.07, 6.45) is 8.27. The van der Waals surface area contributed by atoms with Gasteiger partial charge in [-0.25, -0.2) is 8.78 Å². The zero-order valence-corrected chi connectivity index (χ0v) is 14.9. The summed E-state index contributed by atoms with van der Waals surface area (Å²) in [5, 5.41) is 0. The van der Waals surface area contributed by atoms with Gasteiger partial charge in [-0.05, 0) is 42.4 Å². The first-order chi connectivity index (χ1) is 11.7. The quantitative estimate of drug-likeness (QED) is 0.430. The van der Waals surface area contributed by atoms with Crippen LogP contribution in [0.4, 0.5) is 8.78 Å². The van der Waals surface area contributed by atoms with E-state index in [1.807, 2.05) is 24.3 Å². The van der Waals surface area contributed by atoms with Crippen molar-refractivity contribution in [2.24, 2.45) is 0 Å². The summed E-state index contributed by atoms with van der Waals surface area (Å²) >= 11 is 0. The van der Waals surface area contributed by atoms with Gasteiger partial charge < -0.3 is 0 Å². The Kier molecular flexibility index (Phi) is 7.42. The van der Waals surface area contributed by atoms with E-state index >= 15 is 0 Å². The van der Waals surface area contributed by atoms with E-state index in [4.69, 9.17) is 0 Å². The van der Waals surface area contributed by atoms with Crippen LogP contribution in [0.5, 0.6) is 0 Å². The molecule has 2 aromatic carbocycles. The van der Waals surface area contributed by atoms with Crippen molar-refractivity contribution in [1.82, 2.24) is 0 Å². The summed E-state index contributed by atoms with van der Waals surface area (Å²) in [6.45, 7) is 4.29. The first kappa shape index (κ1) is 18.6. The molecule has 24 heavy (non-hydrogen) atoms. The van der Waals surface area contributed by atoms with Crippen LogP contribution >= 0.6 is 0 Å². The van der Waals surface area contributed by atoms with Crippen LogP contribution in [0.3, 0.4) is 0 Å². The molecule has 2 aromatic rings. The van der Waals surface area contributed by atoms with Gasteiger partial charge in [0.2, 0.25) is 0 Å². The van der Waals surface area contributed by atoms with Gasteiger partial charge in [-0.2, -0.15) is 0 Å². The van der Waals surface area contributed by atoms with Gasteiger partial charge in [-0.15, -0.1) is 0 Å². The molecule has 0 saturated heterocycles. The molecule has 0 N–H and O–H groups in total. The van der Waals surface area contributed by atoms with Crippen molar-refractivity contribution in [3.63, 3.8) is 0 Å². The normalized spacial score (nSPS) is 11.0. The van der Waals surface area contributed by atoms with Gasteiger partial charge in [-0.1, -0.05) is 75.9 Å². The van der Waals surface area contributed by atoms with Crippen LogP contribution in [0.25, 0.3) is 11.1 Å². The molecule has 0 fully saturated rings. The molecule has 0 bridgehead atoms. The van der Waals surface area contributed by atoms with Crippen molar-refractivity contribution < 1.29 is 8.78 Å². The zero-order chi connectivity index (χ0) is 17.4. The summed E-state index contributed by atoms with van der Waals surface area (Å²) in [5.41, 5.74) is 2.84. The SMILES string of the molecule is CCCCCc1ccc(-c2ccc(CCCCC)c(F)c2F)cc1. The molecule has 0 radical (unpaired) electrons. The van der Waals surface area contributed by atoms with E-state index in [2.05, 4.69) is 13.8 Å². The van der Waals surface area contributed by atoms with Gasteiger partial charge in [0, 0.05) is 5.56 Å².